The maximum absolute atomic E-state index is 5.89. The number of thiocarbonyl (C=S) groups is 1. The third-order valence-electron chi connectivity index (χ3n) is 2.61. The van der Waals surface area contributed by atoms with Crippen LogP contribution in [0.3, 0.4) is 0 Å². The molecular formula is C16H14Cl2N2OS2. The Balaban J connectivity index is 2.25. The summed E-state index contributed by atoms with van der Waals surface area (Å²) >= 11 is 18.4. The van der Waals surface area contributed by atoms with Crippen LogP contribution in [0.25, 0.3) is 0 Å². The molecular weight excluding hydrogens is 371 g/mol. The smallest absolute Gasteiger partial charge is 0.263 e. The van der Waals surface area contributed by atoms with Gasteiger partial charge in [0.25, 0.3) is 5.23 Å². The SMILES string of the molecule is CN(C)C(=S)SC(=Nc1ccc(Cl)cc1)Oc1ccc(Cl)cc1. The van der Waals surface area contributed by atoms with Gasteiger partial charge in [-0.2, -0.15) is 0 Å². The topological polar surface area (TPSA) is 24.8 Å². The Morgan fingerprint density at radius 2 is 1.52 bits per heavy atom. The zero-order valence-corrected chi connectivity index (χ0v) is 15.6. The Labute approximate surface area is 155 Å². The van der Waals surface area contributed by atoms with Crippen LogP contribution in [0.5, 0.6) is 5.75 Å². The first-order valence-electron chi connectivity index (χ1n) is 6.61. The van der Waals surface area contributed by atoms with Crippen molar-refractivity contribution in [3.05, 3.63) is 58.6 Å². The van der Waals surface area contributed by atoms with Crippen LogP contribution in [0.2, 0.25) is 10.0 Å². The summed E-state index contributed by atoms with van der Waals surface area (Å²) in [5.41, 5.74) is 0.729. The van der Waals surface area contributed by atoms with Gasteiger partial charge in [-0.05, 0) is 60.3 Å². The van der Waals surface area contributed by atoms with Crippen molar-refractivity contribution in [1.29, 1.82) is 0 Å². The quantitative estimate of drug-likeness (QED) is 0.379. The summed E-state index contributed by atoms with van der Waals surface area (Å²) in [6.07, 6.45) is 0. The average Bonchev–Trinajstić information content (AvgIpc) is 2.51. The minimum Gasteiger partial charge on any atom is -0.433 e. The van der Waals surface area contributed by atoms with E-state index >= 15 is 0 Å². The number of aliphatic imine (C=N–C) groups is 1. The third-order valence-corrected chi connectivity index (χ3v) is 4.61. The molecule has 0 saturated heterocycles. The van der Waals surface area contributed by atoms with Gasteiger partial charge in [-0.15, -0.1) is 0 Å². The Kier molecular flexibility index (Phi) is 6.72. The molecule has 0 aliphatic rings. The fourth-order valence-corrected chi connectivity index (χ4v) is 2.54. The van der Waals surface area contributed by atoms with Crippen LogP contribution in [0.1, 0.15) is 0 Å². The zero-order chi connectivity index (χ0) is 16.8. The molecule has 0 fully saturated rings. The van der Waals surface area contributed by atoms with E-state index in [1.165, 1.54) is 11.8 Å². The van der Waals surface area contributed by atoms with E-state index in [0.29, 0.717) is 25.3 Å². The number of halogens is 2. The van der Waals surface area contributed by atoms with E-state index in [2.05, 4.69) is 4.99 Å². The Hall–Kier alpha value is -1.27. The lowest BCUT2D eigenvalue weighted by Gasteiger charge is -2.14. The Morgan fingerprint density at radius 3 is 2.04 bits per heavy atom. The molecule has 2 aromatic rings. The van der Waals surface area contributed by atoms with Crippen molar-refractivity contribution in [1.82, 2.24) is 4.90 Å². The highest BCUT2D eigenvalue weighted by Gasteiger charge is 2.10. The van der Waals surface area contributed by atoms with Crippen LogP contribution >= 0.6 is 47.2 Å². The van der Waals surface area contributed by atoms with E-state index in [1.807, 2.05) is 31.1 Å². The largest absolute Gasteiger partial charge is 0.433 e. The Morgan fingerprint density at radius 1 is 1.00 bits per heavy atom. The summed E-state index contributed by atoms with van der Waals surface area (Å²) in [4.78, 5) is 6.31. The molecule has 0 aromatic heterocycles. The molecule has 23 heavy (non-hydrogen) atoms. The standard InChI is InChI=1S/C16H14Cl2N2OS2/c1-20(2)16(22)23-15(19-13-7-3-11(17)4-8-13)21-14-9-5-12(18)6-10-14/h3-10H,1-2H3. The minimum absolute atomic E-state index is 0.424. The molecule has 0 unspecified atom stereocenters. The summed E-state index contributed by atoms with van der Waals surface area (Å²) in [5, 5.41) is 1.72. The molecule has 0 N–H and O–H groups in total. The van der Waals surface area contributed by atoms with Crippen LogP contribution < -0.4 is 4.74 Å². The van der Waals surface area contributed by atoms with Gasteiger partial charge in [0.05, 0.1) is 5.69 Å². The van der Waals surface area contributed by atoms with E-state index in [4.69, 9.17) is 40.2 Å². The summed E-state index contributed by atoms with van der Waals surface area (Å²) < 4.78 is 6.48. The highest BCUT2D eigenvalue weighted by Crippen LogP contribution is 2.23. The van der Waals surface area contributed by atoms with E-state index in [9.17, 15) is 0 Å². The molecule has 0 heterocycles. The van der Waals surface area contributed by atoms with E-state index in [-0.39, 0.29) is 0 Å². The first-order chi connectivity index (χ1) is 10.9. The van der Waals surface area contributed by atoms with Gasteiger partial charge in [-0.3, -0.25) is 0 Å². The van der Waals surface area contributed by atoms with Crippen LogP contribution in [0.4, 0.5) is 5.69 Å². The first kappa shape index (κ1) is 18.1. The van der Waals surface area contributed by atoms with Gasteiger partial charge in [0.15, 0.2) is 0 Å². The van der Waals surface area contributed by atoms with Crippen LogP contribution in [-0.4, -0.2) is 28.5 Å². The second kappa shape index (κ2) is 8.55. The van der Waals surface area contributed by atoms with Crippen molar-refractivity contribution in [3.63, 3.8) is 0 Å². The van der Waals surface area contributed by atoms with Crippen LogP contribution in [-0.2, 0) is 0 Å². The number of benzene rings is 2. The molecule has 0 spiro atoms. The van der Waals surface area contributed by atoms with Crippen molar-refractivity contribution in [3.8, 4) is 5.75 Å². The Bertz CT molecular complexity index is 701. The molecule has 2 rings (SSSR count). The number of hydrogen-bond acceptors (Lipinski definition) is 4. The van der Waals surface area contributed by atoms with Crippen molar-refractivity contribution in [2.75, 3.05) is 14.1 Å². The first-order valence-corrected chi connectivity index (χ1v) is 8.59. The number of nitrogens with zero attached hydrogens (tertiary/aromatic N) is 2. The highest BCUT2D eigenvalue weighted by atomic mass is 35.5. The number of hydrogen-bond donors (Lipinski definition) is 0. The highest BCUT2D eigenvalue weighted by molar-refractivity contribution is 8.32. The second-order valence-electron chi connectivity index (χ2n) is 4.67. The summed E-state index contributed by atoms with van der Waals surface area (Å²) in [6, 6.07) is 14.2. The van der Waals surface area contributed by atoms with Gasteiger partial charge in [-0.1, -0.05) is 35.4 Å². The van der Waals surface area contributed by atoms with E-state index < -0.39 is 0 Å². The zero-order valence-electron chi connectivity index (χ0n) is 12.5. The molecule has 0 radical (unpaired) electrons. The van der Waals surface area contributed by atoms with Gasteiger partial charge in [0.1, 0.15) is 10.1 Å². The van der Waals surface area contributed by atoms with Gasteiger partial charge >= 0.3 is 0 Å². The summed E-state index contributed by atoms with van der Waals surface area (Å²) in [6.45, 7) is 0. The van der Waals surface area contributed by atoms with E-state index in [0.717, 1.165) is 5.69 Å². The number of ether oxygens (including phenoxy) is 1. The van der Waals surface area contributed by atoms with Gasteiger partial charge < -0.3 is 9.64 Å². The van der Waals surface area contributed by atoms with Crippen molar-refractivity contribution in [2.24, 2.45) is 4.99 Å². The molecule has 0 aliphatic heterocycles. The van der Waals surface area contributed by atoms with E-state index in [1.54, 1.807) is 36.4 Å². The van der Waals surface area contributed by atoms with Gasteiger partial charge in [0.2, 0.25) is 0 Å². The molecule has 120 valence electrons. The van der Waals surface area contributed by atoms with Crippen molar-refractivity contribution in [2.45, 2.75) is 0 Å². The lowest BCUT2D eigenvalue weighted by molar-refractivity contribution is 0.567. The maximum Gasteiger partial charge on any atom is 0.263 e. The van der Waals surface area contributed by atoms with Crippen LogP contribution in [0.15, 0.2) is 53.5 Å². The maximum atomic E-state index is 5.89. The lowest BCUT2D eigenvalue weighted by atomic mass is 10.3. The summed E-state index contributed by atoms with van der Waals surface area (Å²) in [5.74, 6) is 0.635. The average molecular weight is 385 g/mol. The van der Waals surface area contributed by atoms with Gasteiger partial charge in [0, 0.05) is 24.1 Å². The van der Waals surface area contributed by atoms with Crippen molar-refractivity contribution < 1.29 is 4.74 Å². The molecule has 0 saturated carbocycles. The van der Waals surface area contributed by atoms with Gasteiger partial charge in [-0.25, -0.2) is 4.99 Å². The fraction of sp³-hybridized carbons (Fsp3) is 0.125. The molecule has 0 bridgehead atoms. The predicted molar refractivity (Wildman–Crippen MR) is 105 cm³/mol. The number of rotatable bonds is 2. The minimum atomic E-state index is 0.424. The third kappa shape index (κ3) is 6.03. The second-order valence-corrected chi connectivity index (χ2v) is 7.13. The monoisotopic (exact) mass is 384 g/mol. The molecule has 0 aliphatic carbocycles. The molecule has 3 nitrogen and oxygen atoms in total. The fourth-order valence-electron chi connectivity index (χ4n) is 1.46. The van der Waals surface area contributed by atoms with Crippen molar-refractivity contribution >= 4 is 62.4 Å². The molecule has 0 atom stereocenters. The number of thioether (sulfide) groups is 1. The predicted octanol–water partition coefficient (Wildman–Crippen LogP) is 5.64. The van der Waals surface area contributed by atoms with Crippen LogP contribution in [0, 0.1) is 0 Å². The molecule has 7 heteroatoms. The summed E-state index contributed by atoms with van der Waals surface area (Å²) in [7, 11) is 3.75. The molecule has 2 aromatic carbocycles. The lowest BCUT2D eigenvalue weighted by Crippen LogP contribution is -2.19. The molecule has 0 amide bonds. The normalized spacial score (nSPS) is 11.2.